The highest BCUT2D eigenvalue weighted by Gasteiger charge is 2.51. The lowest BCUT2D eigenvalue weighted by Gasteiger charge is -2.52. The molecule has 2 nitrogen and oxygen atoms in total. The maximum absolute atomic E-state index is 11.6. The van der Waals surface area contributed by atoms with Crippen LogP contribution in [0.2, 0.25) is 0 Å². The number of carbonyl (C=O) groups is 1. The first-order valence-corrected chi connectivity index (χ1v) is 5.55. The number of carbonyl (C=O) groups excluding carboxylic acids is 1. The van der Waals surface area contributed by atoms with Gasteiger partial charge in [-0.3, -0.25) is 4.79 Å². The molecule has 4 aliphatic rings. The average molecular weight is 193 g/mol. The predicted molar refractivity (Wildman–Crippen MR) is 56.7 cm³/mol. The van der Waals surface area contributed by atoms with Crippen molar-refractivity contribution in [1.82, 2.24) is 0 Å². The smallest absolute Gasteiger partial charge is 0.139 e. The van der Waals surface area contributed by atoms with Crippen LogP contribution in [0.25, 0.3) is 0 Å². The lowest BCUT2D eigenvalue weighted by molar-refractivity contribution is -0.141. The van der Waals surface area contributed by atoms with Gasteiger partial charge in [0.15, 0.2) is 0 Å². The molecule has 2 heteroatoms. The topological polar surface area (TPSA) is 43.1 Å². The molecule has 78 valence electrons. The fraction of sp³-hybridized carbons (Fsp3) is 0.750. The molecule has 4 fully saturated rings. The third kappa shape index (κ3) is 1.24. The van der Waals surface area contributed by atoms with E-state index in [1.807, 2.05) is 0 Å². The number of Topliss-reactive ketones (excluding diaryl/α,β-unsaturated/α-hetero) is 1. The molecule has 0 saturated heterocycles. The zero-order chi connectivity index (χ0) is 10.3. The second-order valence-corrected chi connectivity index (χ2v) is 4.84. The highest BCUT2D eigenvalue weighted by molar-refractivity contribution is 5.85. The molecule has 0 radical (unpaired) electrons. The molecule has 0 amide bonds. The third-order valence-corrected chi connectivity index (χ3v) is 4.24. The van der Waals surface area contributed by atoms with Crippen LogP contribution in [0.3, 0.4) is 0 Å². The Bertz CT molecular complexity index is 217. The van der Waals surface area contributed by atoms with Crippen LogP contribution in [0.1, 0.15) is 25.7 Å². The van der Waals surface area contributed by atoms with Crippen molar-refractivity contribution in [2.24, 2.45) is 29.4 Å². The predicted octanol–water partition coefficient (Wildman–Crippen LogP) is 1.75. The van der Waals surface area contributed by atoms with E-state index < -0.39 is 0 Å². The number of nitrogens with two attached hydrogens (primary N) is 1. The Morgan fingerprint density at radius 3 is 1.71 bits per heavy atom. The molecule has 0 aromatic rings. The number of ketones is 1. The Labute approximate surface area is 85.6 Å². The summed E-state index contributed by atoms with van der Waals surface area (Å²) in [7, 11) is 0. The van der Waals surface area contributed by atoms with Crippen molar-refractivity contribution in [3.05, 3.63) is 13.2 Å². The Kier molecular flexibility index (Phi) is 2.48. The van der Waals surface area contributed by atoms with Crippen LogP contribution in [0.15, 0.2) is 13.2 Å². The molecule has 0 aromatic heterocycles. The van der Waals surface area contributed by atoms with E-state index in [9.17, 15) is 4.79 Å². The SMILES string of the molecule is C=C.NC1C2CC3CC1CC(C2)C3=O. The number of hydrogen-bond acceptors (Lipinski definition) is 2. The van der Waals surface area contributed by atoms with Gasteiger partial charge < -0.3 is 5.73 Å². The highest BCUT2D eigenvalue weighted by Crippen LogP contribution is 2.51. The van der Waals surface area contributed by atoms with E-state index in [0.717, 1.165) is 25.7 Å². The maximum Gasteiger partial charge on any atom is 0.139 e. The first kappa shape index (κ1) is 9.91. The highest BCUT2D eigenvalue weighted by atomic mass is 16.1. The zero-order valence-electron chi connectivity index (χ0n) is 8.61. The molecule has 0 heterocycles. The number of rotatable bonds is 0. The molecule has 4 saturated carbocycles. The minimum absolute atomic E-state index is 0.410. The van der Waals surface area contributed by atoms with E-state index in [0.29, 0.717) is 35.5 Å². The summed E-state index contributed by atoms with van der Waals surface area (Å²) >= 11 is 0. The molecule has 0 atom stereocenters. The van der Waals surface area contributed by atoms with E-state index in [2.05, 4.69) is 13.2 Å². The molecule has 4 aliphatic carbocycles. The molecule has 2 N–H and O–H groups in total. The maximum atomic E-state index is 11.6. The van der Waals surface area contributed by atoms with Crippen LogP contribution in [-0.2, 0) is 4.79 Å². The first-order chi connectivity index (χ1) is 6.75. The van der Waals surface area contributed by atoms with E-state index >= 15 is 0 Å². The second-order valence-electron chi connectivity index (χ2n) is 4.84. The largest absolute Gasteiger partial charge is 0.327 e. The minimum atomic E-state index is 0.410. The van der Waals surface area contributed by atoms with Crippen LogP contribution >= 0.6 is 0 Å². The minimum Gasteiger partial charge on any atom is -0.327 e. The summed E-state index contributed by atoms with van der Waals surface area (Å²) in [6.45, 7) is 6.00. The van der Waals surface area contributed by atoms with E-state index in [1.54, 1.807) is 0 Å². The zero-order valence-corrected chi connectivity index (χ0v) is 8.61. The summed E-state index contributed by atoms with van der Waals surface area (Å²) in [6.07, 6.45) is 4.42. The van der Waals surface area contributed by atoms with Crippen molar-refractivity contribution in [3.63, 3.8) is 0 Å². The van der Waals surface area contributed by atoms with E-state index in [4.69, 9.17) is 5.73 Å². The van der Waals surface area contributed by atoms with Gasteiger partial charge in [-0.25, -0.2) is 0 Å². The van der Waals surface area contributed by atoms with Crippen LogP contribution in [0.4, 0.5) is 0 Å². The number of hydrogen-bond donors (Lipinski definition) is 1. The molecule has 4 rings (SSSR count). The third-order valence-electron chi connectivity index (χ3n) is 4.24. The van der Waals surface area contributed by atoms with Crippen molar-refractivity contribution in [2.45, 2.75) is 31.7 Å². The second kappa shape index (κ2) is 3.50. The Morgan fingerprint density at radius 2 is 1.36 bits per heavy atom. The molecular weight excluding hydrogens is 174 g/mol. The summed E-state index contributed by atoms with van der Waals surface area (Å²) in [5, 5.41) is 0. The molecular formula is C12H19NO. The Balaban J connectivity index is 0.000000354. The molecule has 0 spiro atoms. The average Bonchev–Trinajstić information content (AvgIpc) is 2.19. The van der Waals surface area contributed by atoms with Crippen molar-refractivity contribution >= 4 is 5.78 Å². The van der Waals surface area contributed by atoms with Gasteiger partial charge in [0.25, 0.3) is 0 Å². The van der Waals surface area contributed by atoms with Crippen LogP contribution in [0.5, 0.6) is 0 Å². The lowest BCUT2D eigenvalue weighted by Crippen LogP contribution is -2.56. The Morgan fingerprint density at radius 1 is 1.00 bits per heavy atom. The van der Waals surface area contributed by atoms with Gasteiger partial charge in [-0.2, -0.15) is 0 Å². The quantitative estimate of drug-likeness (QED) is 0.596. The fourth-order valence-electron chi connectivity index (χ4n) is 3.66. The van der Waals surface area contributed by atoms with Gasteiger partial charge in [0, 0.05) is 17.9 Å². The Hall–Kier alpha value is -0.630. The lowest BCUT2D eigenvalue weighted by atomic mass is 9.54. The summed E-state index contributed by atoms with van der Waals surface area (Å²) in [4.78, 5) is 11.6. The van der Waals surface area contributed by atoms with Gasteiger partial charge in [0.05, 0.1) is 0 Å². The van der Waals surface area contributed by atoms with Crippen molar-refractivity contribution in [1.29, 1.82) is 0 Å². The normalized spacial score (nSPS) is 48.6. The summed E-state index contributed by atoms with van der Waals surface area (Å²) in [5.41, 5.74) is 6.10. The molecule has 0 unspecified atom stereocenters. The van der Waals surface area contributed by atoms with Gasteiger partial charge in [-0.05, 0) is 37.5 Å². The summed E-state index contributed by atoms with van der Waals surface area (Å²) in [6, 6.07) is 0.422. The van der Waals surface area contributed by atoms with E-state index in [1.165, 1.54) is 0 Å². The first-order valence-electron chi connectivity index (χ1n) is 5.55. The molecule has 4 bridgehead atoms. The van der Waals surface area contributed by atoms with Gasteiger partial charge in [0.1, 0.15) is 5.78 Å². The molecule has 14 heavy (non-hydrogen) atoms. The molecule has 0 aliphatic heterocycles. The fourth-order valence-corrected chi connectivity index (χ4v) is 3.66. The monoisotopic (exact) mass is 193 g/mol. The molecule has 0 aromatic carbocycles. The van der Waals surface area contributed by atoms with Crippen LogP contribution < -0.4 is 5.73 Å². The van der Waals surface area contributed by atoms with Crippen molar-refractivity contribution in [2.75, 3.05) is 0 Å². The van der Waals surface area contributed by atoms with Gasteiger partial charge in [0.2, 0.25) is 0 Å². The summed E-state index contributed by atoms with van der Waals surface area (Å²) < 4.78 is 0. The van der Waals surface area contributed by atoms with Crippen LogP contribution in [-0.4, -0.2) is 11.8 Å². The van der Waals surface area contributed by atoms with Gasteiger partial charge in [-0.15, -0.1) is 13.2 Å². The van der Waals surface area contributed by atoms with Crippen LogP contribution in [0, 0.1) is 23.7 Å². The van der Waals surface area contributed by atoms with E-state index in [-0.39, 0.29) is 0 Å². The van der Waals surface area contributed by atoms with Gasteiger partial charge >= 0.3 is 0 Å². The standard InChI is InChI=1S/C10H15NO.C2H4/c11-9-5-1-7-3-6(9)4-8(2-5)10(7)12;1-2/h5-9H,1-4,11H2;1-2H2. The van der Waals surface area contributed by atoms with Crippen molar-refractivity contribution in [3.8, 4) is 0 Å². The van der Waals surface area contributed by atoms with Crippen molar-refractivity contribution < 1.29 is 4.79 Å². The summed E-state index contributed by atoms with van der Waals surface area (Å²) in [5.74, 6) is 2.75. The van der Waals surface area contributed by atoms with Gasteiger partial charge in [-0.1, -0.05) is 0 Å².